The highest BCUT2D eigenvalue weighted by Gasteiger charge is 2.46. The van der Waals surface area contributed by atoms with Gasteiger partial charge in [-0.05, 0) is 80.0 Å². The second-order valence-corrected chi connectivity index (χ2v) is 11.5. The fraction of sp³-hybridized carbons (Fsp3) is 0.406. The van der Waals surface area contributed by atoms with Crippen LogP contribution >= 0.6 is 0 Å². The quantitative estimate of drug-likeness (QED) is 0.299. The first-order valence-corrected chi connectivity index (χ1v) is 14.5. The van der Waals surface area contributed by atoms with Crippen LogP contribution in [0.3, 0.4) is 0 Å². The Morgan fingerprint density at radius 1 is 1.07 bits per heavy atom. The van der Waals surface area contributed by atoms with Crippen LogP contribution in [0.4, 0.5) is 0 Å². The summed E-state index contributed by atoms with van der Waals surface area (Å²) in [5.74, 6) is -0.794. The summed E-state index contributed by atoms with van der Waals surface area (Å²) in [6, 6.07) is 14.3. The van der Waals surface area contributed by atoms with E-state index in [1.54, 1.807) is 9.36 Å². The smallest absolute Gasteiger partial charge is 0.339 e. The van der Waals surface area contributed by atoms with Crippen molar-refractivity contribution in [2.45, 2.75) is 70.3 Å². The molecule has 0 unspecified atom stereocenters. The van der Waals surface area contributed by atoms with Gasteiger partial charge in [0.15, 0.2) is 0 Å². The monoisotopic (exact) mass is 552 g/mol. The molecule has 3 atom stereocenters. The molecule has 1 saturated carbocycles. The van der Waals surface area contributed by atoms with Crippen molar-refractivity contribution < 1.29 is 14.7 Å². The molecular weight excluding hydrogens is 516 g/mol. The molecule has 2 fully saturated rings. The number of aromatic carboxylic acids is 1. The topological polar surface area (TPSA) is 106 Å². The van der Waals surface area contributed by atoms with Gasteiger partial charge in [-0.3, -0.25) is 9.48 Å². The molecule has 1 saturated heterocycles. The molecule has 1 amide bonds. The summed E-state index contributed by atoms with van der Waals surface area (Å²) >= 11 is 0. The number of carbonyl (C=O) groups excluding carboxylic acids is 1. The minimum Gasteiger partial charge on any atom is -0.478 e. The van der Waals surface area contributed by atoms with Crippen molar-refractivity contribution in [1.82, 2.24) is 29.7 Å². The highest BCUT2D eigenvalue weighted by molar-refractivity contribution is 5.96. The van der Waals surface area contributed by atoms with Crippen LogP contribution < -0.4 is 0 Å². The van der Waals surface area contributed by atoms with E-state index in [4.69, 9.17) is 0 Å². The third-order valence-electron chi connectivity index (χ3n) is 8.44. The van der Waals surface area contributed by atoms with Crippen LogP contribution in [0.2, 0.25) is 0 Å². The lowest BCUT2D eigenvalue weighted by molar-refractivity contribution is 0.0600. The van der Waals surface area contributed by atoms with Crippen LogP contribution in [-0.2, 0) is 7.05 Å². The molecule has 4 aromatic rings. The molecule has 41 heavy (non-hydrogen) atoms. The summed E-state index contributed by atoms with van der Waals surface area (Å²) < 4.78 is 3.43. The Kier molecular flexibility index (Phi) is 7.19. The lowest BCUT2D eigenvalue weighted by Crippen LogP contribution is -2.43. The molecule has 0 bridgehead atoms. The molecule has 2 aromatic carbocycles. The number of hydrogen-bond donors (Lipinski definition) is 1. The van der Waals surface area contributed by atoms with Gasteiger partial charge < -0.3 is 10.0 Å². The van der Waals surface area contributed by atoms with E-state index in [1.807, 2.05) is 56.6 Å². The van der Waals surface area contributed by atoms with E-state index >= 15 is 0 Å². The number of aryl methyl sites for hydroxylation is 2. The van der Waals surface area contributed by atoms with Gasteiger partial charge in [-0.15, -0.1) is 5.10 Å². The SMILES string of the molecule is CCC[C@@H]1CCCCN1C(=O)c1cccc(-c2cc(C)cc(-n3ncc(C(=O)O)c3[C@@H]3C[C@H]3c3cn(C)nn3)c2)c1. The number of nitrogens with zero attached hydrogens (tertiary/aromatic N) is 6. The molecule has 212 valence electrons. The number of carboxylic acids is 1. The molecule has 6 rings (SSSR count). The van der Waals surface area contributed by atoms with Crippen LogP contribution in [0.25, 0.3) is 16.8 Å². The average Bonchev–Trinajstić information content (AvgIpc) is 3.41. The van der Waals surface area contributed by atoms with Crippen molar-refractivity contribution in [2.75, 3.05) is 6.54 Å². The van der Waals surface area contributed by atoms with E-state index < -0.39 is 5.97 Å². The number of amides is 1. The number of carbonyl (C=O) groups is 2. The van der Waals surface area contributed by atoms with Crippen LogP contribution in [-0.4, -0.2) is 59.2 Å². The summed E-state index contributed by atoms with van der Waals surface area (Å²) in [4.78, 5) is 27.9. The lowest BCUT2D eigenvalue weighted by Gasteiger charge is -2.36. The van der Waals surface area contributed by atoms with Gasteiger partial charge in [0.05, 0.1) is 23.3 Å². The molecular formula is C32H36N6O3. The van der Waals surface area contributed by atoms with Crippen LogP contribution in [0.15, 0.2) is 54.9 Å². The van der Waals surface area contributed by atoms with Gasteiger partial charge in [0.1, 0.15) is 5.56 Å². The van der Waals surface area contributed by atoms with Crippen molar-refractivity contribution in [1.29, 1.82) is 0 Å². The Labute approximate surface area is 239 Å². The van der Waals surface area contributed by atoms with Gasteiger partial charge in [0, 0.05) is 43.2 Å². The fourth-order valence-electron chi connectivity index (χ4n) is 6.40. The number of piperidine rings is 1. The second-order valence-electron chi connectivity index (χ2n) is 11.5. The van der Waals surface area contributed by atoms with Crippen molar-refractivity contribution in [3.05, 3.63) is 82.9 Å². The van der Waals surface area contributed by atoms with Crippen molar-refractivity contribution in [3.63, 3.8) is 0 Å². The predicted octanol–water partition coefficient (Wildman–Crippen LogP) is 5.74. The third-order valence-corrected chi connectivity index (χ3v) is 8.44. The molecule has 1 aliphatic heterocycles. The summed E-state index contributed by atoms with van der Waals surface area (Å²) in [6.45, 7) is 5.01. The Hall–Kier alpha value is -4.27. The van der Waals surface area contributed by atoms with Crippen LogP contribution in [0.1, 0.15) is 95.0 Å². The summed E-state index contributed by atoms with van der Waals surface area (Å²) in [6.07, 6.45) is 9.54. The number of likely N-dealkylation sites (tertiary alicyclic amines) is 1. The summed E-state index contributed by atoms with van der Waals surface area (Å²) in [5, 5.41) is 22.8. The first-order valence-electron chi connectivity index (χ1n) is 14.5. The fourth-order valence-corrected chi connectivity index (χ4v) is 6.40. The van der Waals surface area contributed by atoms with E-state index in [9.17, 15) is 14.7 Å². The zero-order valence-electron chi connectivity index (χ0n) is 23.8. The van der Waals surface area contributed by atoms with E-state index in [0.717, 1.165) is 66.7 Å². The van der Waals surface area contributed by atoms with Crippen LogP contribution in [0, 0.1) is 6.92 Å². The lowest BCUT2D eigenvalue weighted by atomic mass is 9.96. The highest BCUT2D eigenvalue weighted by Crippen LogP contribution is 2.55. The highest BCUT2D eigenvalue weighted by atomic mass is 16.4. The van der Waals surface area contributed by atoms with Crippen molar-refractivity contribution in [3.8, 4) is 16.8 Å². The Bertz CT molecular complexity index is 1600. The maximum atomic E-state index is 13.6. The third kappa shape index (κ3) is 5.28. The number of rotatable bonds is 8. The van der Waals surface area contributed by atoms with Gasteiger partial charge in [0.25, 0.3) is 5.91 Å². The number of aromatic nitrogens is 5. The molecule has 2 aromatic heterocycles. The summed E-state index contributed by atoms with van der Waals surface area (Å²) in [7, 11) is 1.83. The molecule has 3 heterocycles. The molecule has 1 aliphatic carbocycles. The minimum atomic E-state index is -0.991. The Morgan fingerprint density at radius 3 is 2.68 bits per heavy atom. The van der Waals surface area contributed by atoms with Gasteiger partial charge in [-0.1, -0.05) is 36.8 Å². The number of benzene rings is 2. The van der Waals surface area contributed by atoms with E-state index in [2.05, 4.69) is 33.3 Å². The normalized spacial score (nSPS) is 20.3. The zero-order chi connectivity index (χ0) is 28.7. The Morgan fingerprint density at radius 2 is 1.93 bits per heavy atom. The summed E-state index contributed by atoms with van der Waals surface area (Å²) in [5.41, 5.74) is 6.17. The maximum Gasteiger partial charge on any atom is 0.339 e. The second kappa shape index (κ2) is 11.0. The van der Waals surface area contributed by atoms with Crippen molar-refractivity contribution >= 4 is 11.9 Å². The van der Waals surface area contributed by atoms with E-state index in [-0.39, 0.29) is 23.3 Å². The molecule has 9 heteroatoms. The Balaban J connectivity index is 1.34. The first kappa shape index (κ1) is 26.9. The molecule has 1 N–H and O–H groups in total. The first-order chi connectivity index (χ1) is 19.8. The molecule has 9 nitrogen and oxygen atoms in total. The standard InChI is InChI=1S/C32H36N6O3/c1-4-8-24-11-5-6-12-37(24)31(39)22-10-7-9-21(15-22)23-13-20(2)14-25(16-23)38-30(28(18-33-38)32(40)41)27-17-26(27)29-19-36(3)35-34-29/h7,9-10,13-16,18-19,24,26-27H,4-6,8,11-12,17H2,1-3H3,(H,40,41)/t24-,26-,27-/m1/s1. The van der Waals surface area contributed by atoms with Gasteiger partial charge in [-0.25, -0.2) is 9.48 Å². The van der Waals surface area contributed by atoms with Crippen LogP contribution in [0.5, 0.6) is 0 Å². The van der Waals surface area contributed by atoms with E-state index in [0.29, 0.717) is 17.3 Å². The molecule has 0 radical (unpaired) electrons. The van der Waals surface area contributed by atoms with Gasteiger partial charge >= 0.3 is 5.97 Å². The predicted molar refractivity (Wildman–Crippen MR) is 155 cm³/mol. The average molecular weight is 553 g/mol. The number of hydrogen-bond acceptors (Lipinski definition) is 5. The molecule has 2 aliphatic rings. The minimum absolute atomic E-state index is 0.00850. The van der Waals surface area contributed by atoms with E-state index in [1.165, 1.54) is 12.6 Å². The van der Waals surface area contributed by atoms with Gasteiger partial charge in [0.2, 0.25) is 0 Å². The van der Waals surface area contributed by atoms with Gasteiger partial charge in [-0.2, -0.15) is 5.10 Å². The number of carboxylic acid groups (broad SMARTS) is 1. The maximum absolute atomic E-state index is 13.6. The largest absolute Gasteiger partial charge is 0.478 e. The van der Waals surface area contributed by atoms with Crippen molar-refractivity contribution in [2.24, 2.45) is 7.05 Å². The zero-order valence-corrected chi connectivity index (χ0v) is 23.8. The molecule has 0 spiro atoms.